The first-order valence-corrected chi connectivity index (χ1v) is 17.4. The summed E-state index contributed by atoms with van der Waals surface area (Å²) < 4.78 is 22.0. The second-order valence-electron chi connectivity index (χ2n) is 14.0. The molecule has 0 aliphatic carbocycles. The summed E-state index contributed by atoms with van der Waals surface area (Å²) in [4.78, 5) is 9.43. The number of nitrogens with zero attached hydrogens (tertiary/aromatic N) is 2. The van der Waals surface area contributed by atoms with Crippen molar-refractivity contribution in [2.75, 3.05) is 0 Å². The minimum Gasteiger partial charge on any atom is 2.00 e. The molecule has 5 aromatic rings. The average Bonchev–Trinajstić information content (AvgIpc) is 3.22. The van der Waals surface area contributed by atoms with Crippen molar-refractivity contribution in [3.8, 4) is 45.1 Å². The Morgan fingerprint density at radius 1 is 0.756 bits per heavy atom. The van der Waals surface area contributed by atoms with Gasteiger partial charge in [0.15, 0.2) is 0 Å². The molecular weight excluding hydrogens is 802 g/mol. The minimum absolute atomic E-state index is 0. The summed E-state index contributed by atoms with van der Waals surface area (Å²) in [5, 5.41) is 0. The Kier molecular flexibility index (Phi) is 9.22. The van der Waals surface area contributed by atoms with E-state index in [2.05, 4.69) is 101 Å². The molecule has 0 N–H and O–H groups in total. The fraction of sp³-hybridized carbons (Fsp3) is 0.282. The molecule has 45 heavy (non-hydrogen) atoms. The van der Waals surface area contributed by atoms with Crippen molar-refractivity contribution in [1.29, 1.82) is 0 Å². The number of aromatic nitrogens is 2. The summed E-state index contributed by atoms with van der Waals surface area (Å²) in [6.45, 7) is 17.4. The number of fused-ring (bicyclic) bond motifs is 3. The molecule has 1 aliphatic heterocycles. The molecule has 6 heteroatoms. The van der Waals surface area contributed by atoms with Gasteiger partial charge in [0.25, 0.3) is 0 Å². The molecule has 0 radical (unpaired) electrons. The Hall–Kier alpha value is -3.23. The summed E-state index contributed by atoms with van der Waals surface area (Å²) in [5.74, 6) is 1.18. The molecule has 2 aromatic heterocycles. The minimum atomic E-state index is -2.41. The summed E-state index contributed by atoms with van der Waals surface area (Å²) in [6.07, 6.45) is 4.56. The molecule has 3 aromatic carbocycles. The fourth-order valence-electron chi connectivity index (χ4n) is 5.73. The van der Waals surface area contributed by atoms with Crippen molar-refractivity contribution in [1.82, 2.24) is 9.97 Å². The second-order valence-corrected chi connectivity index (χ2v) is 17.0. The molecule has 0 saturated carbocycles. The first-order chi connectivity index (χ1) is 20.7. The van der Waals surface area contributed by atoms with E-state index in [0.29, 0.717) is 11.5 Å². The van der Waals surface area contributed by atoms with E-state index in [1.807, 2.05) is 38.2 Å². The zero-order chi connectivity index (χ0) is 31.4. The van der Waals surface area contributed by atoms with E-state index in [9.17, 15) is 3.83 Å². The summed E-state index contributed by atoms with van der Waals surface area (Å²) >= 11 is -2.41. The van der Waals surface area contributed by atoms with Crippen LogP contribution >= 0.6 is 0 Å². The second kappa shape index (κ2) is 12.5. The molecular formula is C39H38N2O2PtSe. The normalized spacial score (nSPS) is 14.0. The smallest absolute Gasteiger partial charge is 2.00 e. The van der Waals surface area contributed by atoms with Crippen molar-refractivity contribution in [3.63, 3.8) is 0 Å². The van der Waals surface area contributed by atoms with Gasteiger partial charge in [-0.15, -0.1) is 0 Å². The molecule has 1 aliphatic rings. The van der Waals surface area contributed by atoms with Crippen molar-refractivity contribution in [3.05, 3.63) is 107 Å². The van der Waals surface area contributed by atoms with Crippen molar-refractivity contribution in [2.45, 2.75) is 67.2 Å². The van der Waals surface area contributed by atoms with Crippen LogP contribution in [-0.4, -0.2) is 23.8 Å². The zero-order valence-electron chi connectivity index (χ0n) is 27.1. The van der Waals surface area contributed by atoms with E-state index < -0.39 is 13.8 Å². The van der Waals surface area contributed by atoms with Gasteiger partial charge in [0, 0.05) is 6.20 Å². The molecule has 1 atom stereocenters. The molecule has 0 bridgehead atoms. The Morgan fingerprint density at radius 2 is 1.40 bits per heavy atom. The fourth-order valence-corrected chi connectivity index (χ4v) is 8.76. The summed E-state index contributed by atoms with van der Waals surface area (Å²) in [7, 11) is 0. The molecule has 3 heterocycles. The number of rotatable bonds is 5. The van der Waals surface area contributed by atoms with Crippen LogP contribution in [0.4, 0.5) is 0 Å². The van der Waals surface area contributed by atoms with Gasteiger partial charge in [-0.2, -0.15) is 0 Å². The Morgan fingerprint density at radius 3 is 2.07 bits per heavy atom. The van der Waals surface area contributed by atoms with Gasteiger partial charge in [-0.3, -0.25) is 0 Å². The number of ether oxygens (including phenoxy) is 1. The van der Waals surface area contributed by atoms with E-state index in [1.54, 1.807) is 6.20 Å². The van der Waals surface area contributed by atoms with Gasteiger partial charge in [-0.1, -0.05) is 20.8 Å². The van der Waals surface area contributed by atoms with Gasteiger partial charge in [0.2, 0.25) is 0 Å². The predicted octanol–water partition coefficient (Wildman–Crippen LogP) is 8.22. The Labute approximate surface area is 286 Å². The number of benzene rings is 3. The van der Waals surface area contributed by atoms with Crippen LogP contribution in [0, 0.1) is 31.4 Å². The van der Waals surface area contributed by atoms with Crippen molar-refractivity contribution >= 4 is 22.8 Å². The van der Waals surface area contributed by atoms with Crippen LogP contribution in [0.25, 0.3) is 33.6 Å². The van der Waals surface area contributed by atoms with Crippen molar-refractivity contribution < 1.29 is 29.6 Å². The van der Waals surface area contributed by atoms with E-state index in [-0.39, 0.29) is 31.9 Å². The van der Waals surface area contributed by atoms with Gasteiger partial charge in [-0.05, 0) is 17.0 Å². The maximum absolute atomic E-state index is 13.8. The molecule has 232 valence electrons. The molecule has 0 amide bonds. The largest absolute Gasteiger partial charge is 2.00 e. The van der Waals surface area contributed by atoms with Crippen LogP contribution in [0.2, 0.25) is 0 Å². The first-order valence-electron chi connectivity index (χ1n) is 15.0. The van der Waals surface area contributed by atoms with Gasteiger partial charge in [-0.25, -0.2) is 0 Å². The number of hydrogen-bond acceptors (Lipinski definition) is 4. The van der Waals surface area contributed by atoms with E-state index >= 15 is 0 Å². The summed E-state index contributed by atoms with van der Waals surface area (Å²) in [5.41, 5.74) is 9.99. The third kappa shape index (κ3) is 7.12. The number of aryl methyl sites for hydroxylation is 2. The van der Waals surface area contributed by atoms with Crippen LogP contribution < -0.4 is 13.7 Å². The monoisotopic (exact) mass is 841 g/mol. The van der Waals surface area contributed by atoms with Crippen LogP contribution in [0.1, 0.15) is 63.8 Å². The molecule has 0 saturated heterocycles. The topological polar surface area (TPSA) is 52.1 Å². The predicted molar refractivity (Wildman–Crippen MR) is 180 cm³/mol. The van der Waals surface area contributed by atoms with E-state index in [0.717, 1.165) is 60.1 Å². The van der Waals surface area contributed by atoms with Gasteiger partial charge in [0.05, 0.1) is 0 Å². The van der Waals surface area contributed by atoms with Crippen molar-refractivity contribution in [2.24, 2.45) is 5.41 Å². The van der Waals surface area contributed by atoms with Crippen LogP contribution in [0.3, 0.4) is 0 Å². The molecule has 6 rings (SSSR count). The van der Waals surface area contributed by atoms with E-state index in [1.165, 1.54) is 11.1 Å². The molecule has 1 unspecified atom stereocenters. The third-order valence-electron chi connectivity index (χ3n) is 7.72. The van der Waals surface area contributed by atoms with Crippen LogP contribution in [-0.2, 0) is 36.7 Å². The number of pyridine rings is 2. The Bertz CT molecular complexity index is 1940. The zero-order valence-corrected chi connectivity index (χ0v) is 31.1. The molecule has 4 nitrogen and oxygen atoms in total. The average molecular weight is 841 g/mol. The van der Waals surface area contributed by atoms with Gasteiger partial charge < -0.3 is 0 Å². The quantitative estimate of drug-likeness (QED) is 0.130. The molecule has 0 spiro atoms. The Balaban J connectivity index is 0.00000400. The van der Waals surface area contributed by atoms with E-state index in [4.69, 9.17) is 9.72 Å². The van der Waals surface area contributed by atoms with Gasteiger partial charge in [0.1, 0.15) is 0 Å². The maximum Gasteiger partial charge on any atom is 2.00 e. The van der Waals surface area contributed by atoms with Gasteiger partial charge >= 0.3 is 244 Å². The number of hydrogen-bond donors (Lipinski definition) is 0. The standard InChI is InChI=1S/C39H38N2O2Se.Pt/c1-24-15-27(33-22-29(11-13-40-33)39(6,7)8)20-30(17-24)43-31-18-25(2)16-28(21-31)37-36-32-10-9-26(23-38(3,4)5)19-35(32)44(42)34(36)12-14-41-37;/h9-19,22H,23H2,1-8H3;/q-2;+2. The van der Waals surface area contributed by atoms with Crippen LogP contribution in [0.5, 0.6) is 11.5 Å². The van der Waals surface area contributed by atoms with Crippen LogP contribution in [0.15, 0.2) is 73.1 Å². The maximum atomic E-state index is 13.8. The first kappa shape index (κ1) is 33.1. The SMILES string of the molecule is Cc1cc(Oc2[c-]c(-c3nccc4c3-c3ccc(CC(C)(C)C)cc3[Se]4=O)cc(C)c2)[c-]c(-c2cc(C(C)(C)C)ccn2)c1.[Pt+2]. The molecule has 0 fully saturated rings. The third-order valence-corrected chi connectivity index (χ3v) is 10.8. The summed E-state index contributed by atoms with van der Waals surface area (Å²) in [6, 6.07) is 27.5.